The molecule has 1 aromatic heterocycles. The van der Waals surface area contributed by atoms with E-state index in [-0.39, 0.29) is 5.91 Å². The number of nitrogens with zero attached hydrogens (tertiary/aromatic N) is 3. The molecule has 0 spiro atoms. The normalized spacial score (nSPS) is 23.1. The smallest absolute Gasteiger partial charge is 0.254 e. The molecule has 5 heteroatoms. The molecule has 0 saturated heterocycles. The molecule has 1 N–H and O–H groups in total. The number of nitrogens with one attached hydrogen (secondary N) is 1. The predicted molar refractivity (Wildman–Crippen MR) is 79.7 cm³/mol. The number of carbonyl (C=O) groups excluding carboxylic acids is 1. The Hall–Kier alpha value is -1.36. The molecule has 5 nitrogen and oxygen atoms in total. The minimum atomic E-state index is 0.0197. The lowest BCUT2D eigenvalue weighted by molar-refractivity contribution is 0.0894. The third kappa shape index (κ3) is 3.60. The standard InChI is InChI=1S/C15H26N4O/c1-11-13(10-19(4)17-11)15(20)16-14-8-6-5-7-12(14)9-18(2)3/h10,12,14H,5-9H2,1-4H3,(H,16,20). The molecule has 1 heterocycles. The van der Waals surface area contributed by atoms with Crippen LogP contribution in [0.1, 0.15) is 41.7 Å². The zero-order chi connectivity index (χ0) is 14.7. The Morgan fingerprint density at radius 3 is 2.75 bits per heavy atom. The summed E-state index contributed by atoms with van der Waals surface area (Å²) in [6, 6.07) is 0.290. The molecule has 1 aliphatic carbocycles. The summed E-state index contributed by atoms with van der Waals surface area (Å²) in [5.41, 5.74) is 1.49. The lowest BCUT2D eigenvalue weighted by Gasteiger charge is -2.33. The van der Waals surface area contributed by atoms with Gasteiger partial charge in [0.1, 0.15) is 0 Å². The maximum atomic E-state index is 12.4. The van der Waals surface area contributed by atoms with Crippen LogP contribution in [0.15, 0.2) is 6.20 Å². The molecule has 1 fully saturated rings. The minimum Gasteiger partial charge on any atom is -0.349 e. The molecule has 1 saturated carbocycles. The van der Waals surface area contributed by atoms with Crippen LogP contribution in [0.4, 0.5) is 0 Å². The predicted octanol–water partition coefficient (Wildman–Crippen LogP) is 1.58. The third-order valence-corrected chi connectivity index (χ3v) is 4.08. The second-order valence-electron chi connectivity index (χ2n) is 6.19. The van der Waals surface area contributed by atoms with Gasteiger partial charge in [-0.15, -0.1) is 0 Å². The summed E-state index contributed by atoms with van der Waals surface area (Å²) in [6.45, 7) is 2.92. The van der Waals surface area contributed by atoms with Crippen molar-refractivity contribution in [1.29, 1.82) is 0 Å². The Morgan fingerprint density at radius 2 is 2.15 bits per heavy atom. The van der Waals surface area contributed by atoms with Crippen molar-refractivity contribution in [3.05, 3.63) is 17.5 Å². The number of hydrogen-bond acceptors (Lipinski definition) is 3. The topological polar surface area (TPSA) is 50.2 Å². The van der Waals surface area contributed by atoms with Gasteiger partial charge in [0.15, 0.2) is 0 Å². The van der Waals surface area contributed by atoms with Crippen molar-refractivity contribution in [3.8, 4) is 0 Å². The molecule has 0 aliphatic heterocycles. The lowest BCUT2D eigenvalue weighted by Crippen LogP contribution is -2.45. The van der Waals surface area contributed by atoms with Gasteiger partial charge < -0.3 is 10.2 Å². The van der Waals surface area contributed by atoms with Gasteiger partial charge in [0.2, 0.25) is 0 Å². The second kappa shape index (κ2) is 6.39. The van der Waals surface area contributed by atoms with Gasteiger partial charge in [-0.3, -0.25) is 9.48 Å². The van der Waals surface area contributed by atoms with Crippen molar-refractivity contribution >= 4 is 5.91 Å². The van der Waals surface area contributed by atoms with Crippen molar-refractivity contribution in [2.24, 2.45) is 13.0 Å². The van der Waals surface area contributed by atoms with Crippen LogP contribution in [0.2, 0.25) is 0 Å². The highest BCUT2D eigenvalue weighted by Crippen LogP contribution is 2.25. The third-order valence-electron chi connectivity index (χ3n) is 4.08. The quantitative estimate of drug-likeness (QED) is 0.909. The van der Waals surface area contributed by atoms with Gasteiger partial charge in [-0.25, -0.2) is 0 Å². The van der Waals surface area contributed by atoms with Crippen LogP contribution in [0.5, 0.6) is 0 Å². The first-order valence-electron chi connectivity index (χ1n) is 7.43. The summed E-state index contributed by atoms with van der Waals surface area (Å²) in [7, 11) is 6.04. The van der Waals surface area contributed by atoms with E-state index in [1.807, 2.05) is 14.0 Å². The largest absolute Gasteiger partial charge is 0.349 e. The molecular weight excluding hydrogens is 252 g/mol. The van der Waals surface area contributed by atoms with E-state index in [0.29, 0.717) is 17.5 Å². The van der Waals surface area contributed by atoms with Gasteiger partial charge in [-0.05, 0) is 39.8 Å². The first-order valence-corrected chi connectivity index (χ1v) is 7.43. The lowest BCUT2D eigenvalue weighted by atomic mass is 9.84. The number of rotatable bonds is 4. The van der Waals surface area contributed by atoms with Crippen molar-refractivity contribution in [3.63, 3.8) is 0 Å². The number of aryl methyl sites for hydroxylation is 2. The van der Waals surface area contributed by atoms with Gasteiger partial charge in [0.25, 0.3) is 5.91 Å². The van der Waals surface area contributed by atoms with Crippen LogP contribution in [0, 0.1) is 12.8 Å². The Bertz CT molecular complexity index is 466. The van der Waals surface area contributed by atoms with Crippen LogP contribution < -0.4 is 5.32 Å². The van der Waals surface area contributed by atoms with Crippen molar-refractivity contribution in [2.45, 2.75) is 38.6 Å². The van der Waals surface area contributed by atoms with E-state index in [0.717, 1.165) is 18.7 Å². The average Bonchev–Trinajstić information content (AvgIpc) is 2.70. The molecule has 0 aromatic carbocycles. The zero-order valence-corrected chi connectivity index (χ0v) is 13.0. The van der Waals surface area contributed by atoms with Crippen LogP contribution in [0.3, 0.4) is 0 Å². The molecule has 2 atom stereocenters. The van der Waals surface area contributed by atoms with Gasteiger partial charge >= 0.3 is 0 Å². The van der Waals surface area contributed by atoms with Crippen LogP contribution in [-0.4, -0.2) is 47.3 Å². The molecule has 112 valence electrons. The fourth-order valence-corrected chi connectivity index (χ4v) is 3.15. The fraction of sp³-hybridized carbons (Fsp3) is 0.733. The van der Waals surface area contributed by atoms with Crippen molar-refractivity contribution < 1.29 is 4.79 Å². The molecule has 2 unspecified atom stereocenters. The summed E-state index contributed by atoms with van der Waals surface area (Å²) >= 11 is 0. The maximum absolute atomic E-state index is 12.4. The Morgan fingerprint density at radius 1 is 1.45 bits per heavy atom. The second-order valence-corrected chi connectivity index (χ2v) is 6.19. The van der Waals surface area contributed by atoms with E-state index in [4.69, 9.17) is 0 Å². The summed E-state index contributed by atoms with van der Waals surface area (Å²) in [5.74, 6) is 0.575. The summed E-state index contributed by atoms with van der Waals surface area (Å²) in [6.07, 6.45) is 6.57. The first kappa shape index (κ1) is 15.0. The monoisotopic (exact) mass is 278 g/mol. The molecule has 1 aromatic rings. The maximum Gasteiger partial charge on any atom is 0.254 e. The van der Waals surface area contributed by atoms with Gasteiger partial charge in [0, 0.05) is 25.8 Å². The van der Waals surface area contributed by atoms with Crippen molar-refractivity contribution in [2.75, 3.05) is 20.6 Å². The number of amides is 1. The average molecular weight is 278 g/mol. The molecule has 20 heavy (non-hydrogen) atoms. The molecule has 0 radical (unpaired) electrons. The molecular formula is C15H26N4O. The SMILES string of the molecule is Cc1nn(C)cc1C(=O)NC1CCCCC1CN(C)C. The van der Waals surface area contributed by atoms with E-state index in [1.165, 1.54) is 19.3 Å². The van der Waals surface area contributed by atoms with E-state index >= 15 is 0 Å². The number of carbonyl (C=O) groups is 1. The Labute approximate surface area is 121 Å². The Balaban J connectivity index is 2.03. The van der Waals surface area contributed by atoms with Crippen LogP contribution >= 0.6 is 0 Å². The number of aromatic nitrogens is 2. The summed E-state index contributed by atoms with van der Waals surface area (Å²) < 4.78 is 1.70. The molecule has 1 amide bonds. The van der Waals surface area contributed by atoms with Crippen LogP contribution in [-0.2, 0) is 7.05 Å². The first-order chi connectivity index (χ1) is 9.47. The van der Waals surface area contributed by atoms with Gasteiger partial charge in [-0.1, -0.05) is 12.8 Å². The highest BCUT2D eigenvalue weighted by Gasteiger charge is 2.27. The summed E-state index contributed by atoms with van der Waals surface area (Å²) in [5, 5.41) is 7.47. The Kier molecular flexibility index (Phi) is 4.81. The van der Waals surface area contributed by atoms with Crippen LogP contribution in [0.25, 0.3) is 0 Å². The van der Waals surface area contributed by atoms with E-state index < -0.39 is 0 Å². The fourth-order valence-electron chi connectivity index (χ4n) is 3.15. The zero-order valence-electron chi connectivity index (χ0n) is 13.0. The van der Waals surface area contributed by atoms with E-state index in [1.54, 1.807) is 10.9 Å². The number of hydrogen-bond donors (Lipinski definition) is 1. The van der Waals surface area contributed by atoms with E-state index in [9.17, 15) is 4.79 Å². The highest BCUT2D eigenvalue weighted by atomic mass is 16.1. The van der Waals surface area contributed by atoms with E-state index in [2.05, 4.69) is 29.4 Å². The van der Waals surface area contributed by atoms with Gasteiger partial charge in [0.05, 0.1) is 11.3 Å². The summed E-state index contributed by atoms with van der Waals surface area (Å²) in [4.78, 5) is 14.6. The molecule has 2 rings (SSSR count). The van der Waals surface area contributed by atoms with Gasteiger partial charge in [-0.2, -0.15) is 5.10 Å². The minimum absolute atomic E-state index is 0.0197. The highest BCUT2D eigenvalue weighted by molar-refractivity contribution is 5.95. The molecule has 0 bridgehead atoms. The van der Waals surface area contributed by atoms with Crippen molar-refractivity contribution in [1.82, 2.24) is 20.0 Å². The molecule has 1 aliphatic rings.